The molecule has 0 radical (unpaired) electrons. The van der Waals surface area contributed by atoms with Gasteiger partial charge in [-0.25, -0.2) is 4.45 Å². The quantitative estimate of drug-likeness (QED) is 0.192. The van der Waals surface area contributed by atoms with Gasteiger partial charge in [-0.1, -0.05) is 12.1 Å². The van der Waals surface area contributed by atoms with E-state index in [4.69, 9.17) is 5.10 Å². The second-order valence-corrected chi connectivity index (χ2v) is 14.2. The van der Waals surface area contributed by atoms with Crippen molar-refractivity contribution in [3.8, 4) is 22.4 Å². The minimum atomic E-state index is 0.0894. The zero-order chi connectivity index (χ0) is 25.0. The molecule has 9 heteroatoms. The number of rotatable bonds is 5. The highest BCUT2D eigenvalue weighted by atomic mass is 127. The van der Waals surface area contributed by atoms with Crippen LogP contribution < -0.4 is 10.2 Å². The number of nitrogens with one attached hydrogen (secondary N) is 1. The van der Waals surface area contributed by atoms with Crippen LogP contribution >= 0.6 is 39.8 Å². The predicted octanol–water partition coefficient (Wildman–Crippen LogP) is 7.07. The fraction of sp³-hybridized carbons (Fsp3) is 0.423. The van der Waals surface area contributed by atoms with Gasteiger partial charge in [-0.2, -0.15) is 5.10 Å². The Morgan fingerprint density at radius 1 is 1.09 bits per heavy atom. The van der Waals surface area contributed by atoms with Crippen LogP contribution in [-0.2, 0) is 0 Å². The van der Waals surface area contributed by atoms with Gasteiger partial charge in [0.05, 0.1) is 18.3 Å². The van der Waals surface area contributed by atoms with E-state index in [1.165, 1.54) is 20.5 Å². The van der Waals surface area contributed by atoms with E-state index in [0.717, 1.165) is 35.5 Å². The molecule has 1 fully saturated rings. The third-order valence-corrected chi connectivity index (χ3v) is 9.78. The first-order valence-electron chi connectivity index (χ1n) is 11.9. The molecule has 4 heterocycles. The molecule has 0 aliphatic carbocycles. The Morgan fingerprint density at radius 2 is 1.80 bits per heavy atom. The second-order valence-electron chi connectivity index (χ2n) is 10.9. The zero-order valence-electron chi connectivity index (χ0n) is 21.1. The van der Waals surface area contributed by atoms with Crippen LogP contribution in [0.15, 0.2) is 42.7 Å². The largest absolute Gasteiger partial charge is 0.355 e. The molecule has 0 saturated carbocycles. The maximum absolute atomic E-state index is 4.70. The van der Waals surface area contributed by atoms with Gasteiger partial charge in [-0.3, -0.25) is 0 Å². The molecule has 5 rings (SSSR count). The minimum absolute atomic E-state index is 0.0894. The number of fused-ring (bicyclic) bond motifs is 1. The standard InChI is InChI=1S/C26H32IN6PS/c1-16-11-21-19(17-14-28-33(15-17)34-27)7-8-20(24(21)35-16)22-9-10-23(30-29-22)32(6)18-12-25(2,3)31-26(4,5)13-18/h7-11,14-15,18,31,34H,12-13H2,1-6H3. The third kappa shape index (κ3) is 5.13. The molecule has 1 unspecified atom stereocenters. The molecule has 1 N–H and O–H groups in total. The highest BCUT2D eigenvalue weighted by Crippen LogP contribution is 2.40. The molecule has 1 aromatic carbocycles. The second kappa shape index (κ2) is 9.36. The van der Waals surface area contributed by atoms with Gasteiger partial charge in [0.1, 0.15) is 0 Å². The summed E-state index contributed by atoms with van der Waals surface area (Å²) in [6.07, 6.45) is 6.82. The molecule has 1 aliphatic rings. The van der Waals surface area contributed by atoms with Gasteiger partial charge in [0.15, 0.2) is 5.82 Å². The van der Waals surface area contributed by atoms with Gasteiger partial charge in [0, 0.05) is 56.5 Å². The smallest absolute Gasteiger partial charge is 0.151 e. The zero-order valence-corrected chi connectivity index (χ0v) is 25.0. The highest BCUT2D eigenvalue weighted by Gasteiger charge is 2.39. The molecule has 0 bridgehead atoms. The van der Waals surface area contributed by atoms with Gasteiger partial charge < -0.3 is 10.2 Å². The third-order valence-electron chi connectivity index (χ3n) is 6.79. The molecule has 6 nitrogen and oxygen atoms in total. The molecule has 0 spiro atoms. The minimum Gasteiger partial charge on any atom is -0.355 e. The number of hydrogen-bond donors (Lipinski definition) is 1. The maximum atomic E-state index is 4.70. The molecule has 3 aromatic heterocycles. The first-order valence-corrected chi connectivity index (χ1v) is 16.7. The monoisotopic (exact) mass is 618 g/mol. The van der Waals surface area contributed by atoms with Gasteiger partial charge in [0.25, 0.3) is 0 Å². The van der Waals surface area contributed by atoms with E-state index in [2.05, 4.69) is 121 Å². The van der Waals surface area contributed by atoms with E-state index in [-0.39, 0.29) is 11.1 Å². The first-order chi connectivity index (χ1) is 16.5. The average molecular weight is 619 g/mol. The lowest BCUT2D eigenvalue weighted by Gasteiger charge is -2.49. The Hall–Kier alpha value is -1.61. The number of anilines is 1. The summed E-state index contributed by atoms with van der Waals surface area (Å²) < 4.78 is 3.24. The Bertz CT molecular complexity index is 1340. The fourth-order valence-electron chi connectivity index (χ4n) is 5.59. The summed E-state index contributed by atoms with van der Waals surface area (Å²) in [5.41, 5.74) is 4.60. The van der Waals surface area contributed by atoms with E-state index in [1.54, 1.807) is 0 Å². The van der Waals surface area contributed by atoms with Crippen LogP contribution in [0.1, 0.15) is 45.4 Å². The Balaban J connectivity index is 1.46. The van der Waals surface area contributed by atoms with E-state index < -0.39 is 0 Å². The normalized spacial score (nSPS) is 18.0. The van der Waals surface area contributed by atoms with Gasteiger partial charge >= 0.3 is 0 Å². The van der Waals surface area contributed by atoms with Crippen LogP contribution in [0.3, 0.4) is 0 Å². The van der Waals surface area contributed by atoms with Crippen molar-refractivity contribution in [1.82, 2.24) is 25.1 Å². The Labute approximate surface area is 226 Å². The maximum Gasteiger partial charge on any atom is 0.151 e. The molecule has 1 atom stereocenters. The lowest BCUT2D eigenvalue weighted by Crippen LogP contribution is -2.62. The molecule has 35 heavy (non-hydrogen) atoms. The summed E-state index contributed by atoms with van der Waals surface area (Å²) >= 11 is 4.17. The summed E-state index contributed by atoms with van der Waals surface area (Å²) in [5.74, 6) is 0.925. The number of piperidine rings is 1. The van der Waals surface area contributed by atoms with Crippen LogP contribution in [-0.4, -0.2) is 43.9 Å². The summed E-state index contributed by atoms with van der Waals surface area (Å²) in [7, 11) is 2.15. The lowest BCUT2D eigenvalue weighted by atomic mass is 9.79. The number of nitrogens with zero attached hydrogens (tertiary/aromatic N) is 5. The van der Waals surface area contributed by atoms with Crippen molar-refractivity contribution in [2.24, 2.45) is 0 Å². The van der Waals surface area contributed by atoms with Crippen molar-refractivity contribution in [2.45, 2.75) is 64.6 Å². The molecule has 1 saturated heterocycles. The van der Waals surface area contributed by atoms with Crippen LogP contribution in [0.4, 0.5) is 5.82 Å². The SMILES string of the molecule is Cc1cc2c(-c3cnn(PI)c3)ccc(-c3ccc(N(C)C4CC(C)(C)NC(C)(C)C4)nn3)c2s1. The van der Waals surface area contributed by atoms with Gasteiger partial charge in [-0.15, -0.1) is 21.5 Å². The van der Waals surface area contributed by atoms with Crippen molar-refractivity contribution in [3.05, 3.63) is 47.6 Å². The molecular formula is C26H32IN6PS. The van der Waals surface area contributed by atoms with Crippen molar-refractivity contribution in [3.63, 3.8) is 0 Å². The van der Waals surface area contributed by atoms with Crippen LogP contribution in [0, 0.1) is 6.92 Å². The fourth-order valence-corrected chi connectivity index (χ4v) is 7.74. The number of thiophene rings is 1. The van der Waals surface area contributed by atoms with Gasteiger partial charge in [0.2, 0.25) is 0 Å². The molecular weight excluding hydrogens is 586 g/mol. The first kappa shape index (κ1) is 25.1. The molecule has 0 amide bonds. The summed E-state index contributed by atoms with van der Waals surface area (Å²) in [4.78, 5) is 3.60. The van der Waals surface area contributed by atoms with E-state index >= 15 is 0 Å². The number of aromatic nitrogens is 4. The number of aryl methyl sites for hydroxylation is 1. The van der Waals surface area contributed by atoms with Crippen molar-refractivity contribution in [2.75, 3.05) is 11.9 Å². The van der Waals surface area contributed by atoms with Crippen molar-refractivity contribution >= 4 is 55.7 Å². The number of halogens is 1. The van der Waals surface area contributed by atoms with Crippen LogP contribution in [0.2, 0.25) is 0 Å². The van der Waals surface area contributed by atoms with Crippen LogP contribution in [0.5, 0.6) is 0 Å². The van der Waals surface area contributed by atoms with Gasteiger partial charge in [-0.05, 0) is 93.3 Å². The molecule has 4 aromatic rings. The Kier molecular flexibility index (Phi) is 6.70. The summed E-state index contributed by atoms with van der Waals surface area (Å²) in [6.45, 7) is 11.3. The summed E-state index contributed by atoms with van der Waals surface area (Å²) in [6, 6.07) is 11.3. The highest BCUT2D eigenvalue weighted by molar-refractivity contribution is 14.2. The lowest BCUT2D eigenvalue weighted by molar-refractivity contribution is 0.160. The number of hydrogen-bond acceptors (Lipinski definition) is 6. The predicted molar refractivity (Wildman–Crippen MR) is 159 cm³/mol. The van der Waals surface area contributed by atoms with Crippen molar-refractivity contribution in [1.29, 1.82) is 0 Å². The summed E-state index contributed by atoms with van der Waals surface area (Å²) in [5, 5.41) is 18.9. The Morgan fingerprint density at radius 3 is 2.43 bits per heavy atom. The molecule has 1 aliphatic heterocycles. The molecule has 184 valence electrons. The van der Waals surface area contributed by atoms with Crippen LogP contribution in [0.25, 0.3) is 32.5 Å². The van der Waals surface area contributed by atoms with E-state index in [1.807, 2.05) is 22.0 Å². The van der Waals surface area contributed by atoms with Crippen molar-refractivity contribution < 1.29 is 0 Å². The number of benzene rings is 1. The van der Waals surface area contributed by atoms with E-state index in [0.29, 0.717) is 12.4 Å². The average Bonchev–Trinajstić information content (AvgIpc) is 3.42. The topological polar surface area (TPSA) is 58.9 Å². The van der Waals surface area contributed by atoms with E-state index in [9.17, 15) is 0 Å².